The lowest BCUT2D eigenvalue weighted by atomic mass is 10.2. The van der Waals surface area contributed by atoms with Crippen LogP contribution in [0.5, 0.6) is 0 Å². The number of aromatic nitrogens is 2. The normalized spacial score (nSPS) is 16.9. The van der Waals surface area contributed by atoms with Gasteiger partial charge in [0.05, 0.1) is 0 Å². The van der Waals surface area contributed by atoms with Crippen molar-refractivity contribution in [2.75, 3.05) is 44.2 Å². The van der Waals surface area contributed by atoms with Crippen LogP contribution in [0, 0.1) is 13.8 Å². The van der Waals surface area contributed by atoms with E-state index < -0.39 is 0 Å². The van der Waals surface area contributed by atoms with Crippen LogP contribution in [0.25, 0.3) is 0 Å². The highest BCUT2D eigenvalue weighted by molar-refractivity contribution is 5.40. The molecule has 1 aliphatic heterocycles. The van der Waals surface area contributed by atoms with Crippen molar-refractivity contribution >= 4 is 5.82 Å². The molecule has 19 heavy (non-hydrogen) atoms. The van der Waals surface area contributed by atoms with Crippen molar-refractivity contribution in [1.82, 2.24) is 14.9 Å². The van der Waals surface area contributed by atoms with Gasteiger partial charge in [0.2, 0.25) is 0 Å². The predicted molar refractivity (Wildman–Crippen MR) is 78.4 cm³/mol. The molecular formula is C14H25N5. The molecule has 1 aromatic heterocycles. The lowest BCUT2D eigenvalue weighted by Crippen LogP contribution is -2.47. The third-order valence-electron chi connectivity index (χ3n) is 3.58. The van der Waals surface area contributed by atoms with Crippen molar-refractivity contribution in [3.63, 3.8) is 0 Å². The third-order valence-corrected chi connectivity index (χ3v) is 3.58. The molecule has 1 saturated heterocycles. The fourth-order valence-corrected chi connectivity index (χ4v) is 2.54. The summed E-state index contributed by atoms with van der Waals surface area (Å²) >= 11 is 0. The predicted octanol–water partition coefficient (Wildman–Crippen LogP) is 0.954. The standard InChI is InChI=1S/C14H25N5/c1-12-11-14(17-13(2)16-12)19-9-7-18(8-10-19)6-4-3-5-15/h11H,3-10,15H2,1-2H3. The first-order valence-corrected chi connectivity index (χ1v) is 7.18. The highest BCUT2D eigenvalue weighted by atomic mass is 15.3. The molecule has 1 aliphatic rings. The van der Waals surface area contributed by atoms with Crippen molar-refractivity contribution in [3.8, 4) is 0 Å². The van der Waals surface area contributed by atoms with E-state index in [-0.39, 0.29) is 0 Å². The maximum absolute atomic E-state index is 5.53. The van der Waals surface area contributed by atoms with Crippen molar-refractivity contribution < 1.29 is 0 Å². The van der Waals surface area contributed by atoms with E-state index >= 15 is 0 Å². The summed E-state index contributed by atoms with van der Waals surface area (Å²) in [4.78, 5) is 13.8. The van der Waals surface area contributed by atoms with Gasteiger partial charge >= 0.3 is 0 Å². The van der Waals surface area contributed by atoms with E-state index in [4.69, 9.17) is 5.73 Å². The van der Waals surface area contributed by atoms with Gasteiger partial charge in [0, 0.05) is 37.9 Å². The average molecular weight is 263 g/mol. The van der Waals surface area contributed by atoms with E-state index in [1.54, 1.807) is 0 Å². The van der Waals surface area contributed by atoms with Crippen LogP contribution in [0.3, 0.4) is 0 Å². The minimum absolute atomic E-state index is 0.805. The molecule has 0 spiro atoms. The first kappa shape index (κ1) is 14.2. The van der Waals surface area contributed by atoms with Gasteiger partial charge in [-0.05, 0) is 39.8 Å². The van der Waals surface area contributed by atoms with E-state index in [0.717, 1.165) is 56.5 Å². The van der Waals surface area contributed by atoms with Crippen LogP contribution in [-0.4, -0.2) is 54.1 Å². The molecule has 0 unspecified atom stereocenters. The molecule has 106 valence electrons. The summed E-state index contributed by atoms with van der Waals surface area (Å²) in [6.07, 6.45) is 2.34. The number of rotatable bonds is 5. The van der Waals surface area contributed by atoms with Gasteiger partial charge < -0.3 is 10.6 Å². The van der Waals surface area contributed by atoms with Crippen LogP contribution in [0.1, 0.15) is 24.4 Å². The second-order valence-electron chi connectivity index (χ2n) is 5.24. The summed E-state index contributed by atoms with van der Waals surface area (Å²) in [6, 6.07) is 2.08. The van der Waals surface area contributed by atoms with Crippen molar-refractivity contribution in [2.45, 2.75) is 26.7 Å². The second kappa shape index (κ2) is 6.82. The summed E-state index contributed by atoms with van der Waals surface area (Å²) < 4.78 is 0. The molecule has 2 N–H and O–H groups in total. The molecule has 0 aliphatic carbocycles. The first-order valence-electron chi connectivity index (χ1n) is 7.18. The summed E-state index contributed by atoms with van der Waals surface area (Å²) in [5, 5.41) is 0. The van der Waals surface area contributed by atoms with Gasteiger partial charge in [-0.3, -0.25) is 4.90 Å². The number of unbranched alkanes of at least 4 members (excludes halogenated alkanes) is 1. The Labute approximate surface area is 115 Å². The topological polar surface area (TPSA) is 58.3 Å². The maximum Gasteiger partial charge on any atom is 0.132 e. The molecule has 0 amide bonds. The maximum atomic E-state index is 5.53. The van der Waals surface area contributed by atoms with Crippen molar-refractivity contribution in [3.05, 3.63) is 17.6 Å². The quantitative estimate of drug-likeness (QED) is 0.802. The molecule has 1 aromatic rings. The Bertz CT molecular complexity index is 379. The van der Waals surface area contributed by atoms with Crippen LogP contribution < -0.4 is 10.6 Å². The Balaban J connectivity index is 1.85. The van der Waals surface area contributed by atoms with Gasteiger partial charge in [-0.2, -0.15) is 0 Å². The lowest BCUT2D eigenvalue weighted by Gasteiger charge is -2.35. The minimum Gasteiger partial charge on any atom is -0.354 e. The molecule has 0 bridgehead atoms. The molecule has 5 heteroatoms. The van der Waals surface area contributed by atoms with Crippen LogP contribution in [0.4, 0.5) is 5.82 Å². The van der Waals surface area contributed by atoms with Crippen LogP contribution in [0.2, 0.25) is 0 Å². The second-order valence-corrected chi connectivity index (χ2v) is 5.24. The minimum atomic E-state index is 0.805. The van der Waals surface area contributed by atoms with E-state index in [2.05, 4.69) is 25.8 Å². The zero-order chi connectivity index (χ0) is 13.7. The average Bonchev–Trinajstić information content (AvgIpc) is 2.39. The Morgan fingerprint density at radius 1 is 1.11 bits per heavy atom. The highest BCUT2D eigenvalue weighted by Gasteiger charge is 2.18. The number of hydrogen-bond acceptors (Lipinski definition) is 5. The number of aryl methyl sites for hydroxylation is 2. The van der Waals surface area contributed by atoms with Crippen molar-refractivity contribution in [1.29, 1.82) is 0 Å². The van der Waals surface area contributed by atoms with Crippen LogP contribution in [0.15, 0.2) is 6.07 Å². The molecular weight excluding hydrogens is 238 g/mol. The summed E-state index contributed by atoms with van der Waals surface area (Å²) in [7, 11) is 0. The van der Waals surface area contributed by atoms with Gasteiger partial charge in [-0.25, -0.2) is 9.97 Å². The van der Waals surface area contributed by atoms with Gasteiger partial charge in [-0.1, -0.05) is 0 Å². The lowest BCUT2D eigenvalue weighted by molar-refractivity contribution is 0.253. The van der Waals surface area contributed by atoms with Gasteiger partial charge in [-0.15, -0.1) is 0 Å². The number of nitrogens with zero attached hydrogens (tertiary/aromatic N) is 4. The van der Waals surface area contributed by atoms with E-state index in [1.165, 1.54) is 13.0 Å². The Morgan fingerprint density at radius 2 is 1.84 bits per heavy atom. The number of piperazine rings is 1. The number of hydrogen-bond donors (Lipinski definition) is 1. The fraction of sp³-hybridized carbons (Fsp3) is 0.714. The zero-order valence-electron chi connectivity index (χ0n) is 12.1. The molecule has 0 atom stereocenters. The molecule has 0 radical (unpaired) electrons. The van der Waals surface area contributed by atoms with Crippen molar-refractivity contribution in [2.24, 2.45) is 5.73 Å². The zero-order valence-corrected chi connectivity index (χ0v) is 12.1. The summed E-state index contributed by atoms with van der Waals surface area (Å²) in [5.74, 6) is 1.94. The van der Waals surface area contributed by atoms with E-state index in [1.807, 2.05) is 13.8 Å². The number of nitrogens with two attached hydrogens (primary N) is 1. The van der Waals surface area contributed by atoms with E-state index in [0.29, 0.717) is 0 Å². The smallest absolute Gasteiger partial charge is 0.132 e. The Kier molecular flexibility index (Phi) is 5.10. The molecule has 2 heterocycles. The Morgan fingerprint density at radius 3 is 2.47 bits per heavy atom. The number of anilines is 1. The molecule has 0 aromatic carbocycles. The van der Waals surface area contributed by atoms with Crippen LogP contribution in [-0.2, 0) is 0 Å². The highest BCUT2D eigenvalue weighted by Crippen LogP contribution is 2.15. The van der Waals surface area contributed by atoms with E-state index in [9.17, 15) is 0 Å². The SMILES string of the molecule is Cc1cc(N2CCN(CCCCN)CC2)nc(C)n1. The van der Waals surface area contributed by atoms with Gasteiger partial charge in [0.1, 0.15) is 11.6 Å². The van der Waals surface area contributed by atoms with Gasteiger partial charge in [0.15, 0.2) is 0 Å². The molecule has 2 rings (SSSR count). The van der Waals surface area contributed by atoms with Crippen LogP contribution >= 0.6 is 0 Å². The first-order chi connectivity index (χ1) is 9.19. The summed E-state index contributed by atoms with van der Waals surface area (Å²) in [6.45, 7) is 10.3. The fourth-order valence-electron chi connectivity index (χ4n) is 2.54. The molecule has 5 nitrogen and oxygen atoms in total. The Hall–Kier alpha value is -1.20. The largest absolute Gasteiger partial charge is 0.354 e. The van der Waals surface area contributed by atoms with Gasteiger partial charge in [0.25, 0.3) is 0 Å². The third kappa shape index (κ3) is 4.14. The summed E-state index contributed by atoms with van der Waals surface area (Å²) in [5.41, 5.74) is 6.58. The monoisotopic (exact) mass is 263 g/mol. The molecule has 0 saturated carbocycles. The molecule has 1 fully saturated rings.